The van der Waals surface area contributed by atoms with Gasteiger partial charge in [0.1, 0.15) is 0 Å². The molecule has 0 aromatic heterocycles. The maximum Gasteiger partial charge on any atom is 0.0438 e. The molecule has 1 nitrogen and oxygen atoms in total. The zero-order chi connectivity index (χ0) is 14.4. The third-order valence-corrected chi connectivity index (χ3v) is 4.46. The van der Waals surface area contributed by atoms with Crippen LogP contribution in [0.3, 0.4) is 0 Å². The Hall–Kier alpha value is -0.960. The maximum absolute atomic E-state index is 6.27. The quantitative estimate of drug-likeness (QED) is 0.757. The molecule has 0 amide bonds. The first-order valence-electron chi connectivity index (χ1n) is 6.85. The van der Waals surface area contributed by atoms with Gasteiger partial charge in [-0.3, -0.25) is 0 Å². The average Bonchev–Trinajstić information content (AvgIpc) is 2.49. The summed E-state index contributed by atoms with van der Waals surface area (Å²) in [5, 5.41) is 4.39. The van der Waals surface area contributed by atoms with Crippen molar-refractivity contribution < 1.29 is 0 Å². The zero-order valence-electron chi connectivity index (χ0n) is 11.9. The van der Waals surface area contributed by atoms with Crippen LogP contribution in [0, 0.1) is 0 Å². The highest BCUT2D eigenvalue weighted by atomic mass is 35.5. The van der Waals surface area contributed by atoms with E-state index in [-0.39, 0.29) is 0 Å². The van der Waals surface area contributed by atoms with Crippen LogP contribution in [-0.4, -0.2) is 12.8 Å². The van der Waals surface area contributed by atoms with Crippen molar-refractivity contribution in [3.05, 3.63) is 64.7 Å². The van der Waals surface area contributed by atoms with Gasteiger partial charge in [0.15, 0.2) is 0 Å². The monoisotopic (exact) mass is 305 g/mol. The van der Waals surface area contributed by atoms with Gasteiger partial charge in [-0.15, -0.1) is 11.8 Å². The molecule has 0 aliphatic carbocycles. The number of hydrogen-bond acceptors (Lipinski definition) is 2. The SMILES string of the molecule is CCNC(Cc1ccccc1Cl)c1ccc(SC)cc1. The lowest BCUT2D eigenvalue weighted by molar-refractivity contribution is 0.549. The van der Waals surface area contributed by atoms with Crippen LogP contribution in [0.2, 0.25) is 5.02 Å². The van der Waals surface area contributed by atoms with Crippen molar-refractivity contribution in [3.8, 4) is 0 Å². The molecular formula is C17H20ClNS. The van der Waals surface area contributed by atoms with Crippen molar-refractivity contribution in [1.82, 2.24) is 5.32 Å². The summed E-state index contributed by atoms with van der Waals surface area (Å²) < 4.78 is 0. The Kier molecular flexibility index (Phi) is 5.96. The van der Waals surface area contributed by atoms with E-state index in [2.05, 4.69) is 48.8 Å². The Morgan fingerprint density at radius 1 is 1.10 bits per heavy atom. The van der Waals surface area contributed by atoms with Crippen LogP contribution in [-0.2, 0) is 6.42 Å². The molecule has 0 saturated heterocycles. The topological polar surface area (TPSA) is 12.0 Å². The molecule has 0 bridgehead atoms. The minimum atomic E-state index is 0.302. The second-order valence-corrected chi connectivity index (χ2v) is 5.97. The molecule has 20 heavy (non-hydrogen) atoms. The molecule has 1 N–H and O–H groups in total. The van der Waals surface area contributed by atoms with Crippen molar-refractivity contribution in [2.24, 2.45) is 0 Å². The smallest absolute Gasteiger partial charge is 0.0438 e. The van der Waals surface area contributed by atoms with E-state index in [1.165, 1.54) is 16.0 Å². The maximum atomic E-state index is 6.27. The first kappa shape index (κ1) is 15.4. The summed E-state index contributed by atoms with van der Waals surface area (Å²) in [4.78, 5) is 1.29. The highest BCUT2D eigenvalue weighted by Crippen LogP contribution is 2.25. The minimum absolute atomic E-state index is 0.302. The number of benzene rings is 2. The van der Waals surface area contributed by atoms with Gasteiger partial charge >= 0.3 is 0 Å². The largest absolute Gasteiger partial charge is 0.310 e. The van der Waals surface area contributed by atoms with E-state index < -0.39 is 0 Å². The molecule has 1 unspecified atom stereocenters. The molecule has 2 aromatic carbocycles. The molecular weight excluding hydrogens is 286 g/mol. The van der Waals surface area contributed by atoms with Crippen molar-refractivity contribution in [3.63, 3.8) is 0 Å². The van der Waals surface area contributed by atoms with Gasteiger partial charge in [0.2, 0.25) is 0 Å². The predicted molar refractivity (Wildman–Crippen MR) is 89.8 cm³/mol. The molecule has 2 rings (SSSR count). The second-order valence-electron chi connectivity index (χ2n) is 4.68. The molecule has 0 aliphatic rings. The molecule has 106 valence electrons. The first-order valence-corrected chi connectivity index (χ1v) is 8.45. The highest BCUT2D eigenvalue weighted by molar-refractivity contribution is 7.98. The van der Waals surface area contributed by atoms with Crippen LogP contribution in [0.5, 0.6) is 0 Å². The third kappa shape index (κ3) is 4.02. The first-order chi connectivity index (χ1) is 9.74. The fraction of sp³-hybridized carbons (Fsp3) is 0.294. The van der Waals surface area contributed by atoms with Gasteiger partial charge in [-0.2, -0.15) is 0 Å². The Morgan fingerprint density at radius 3 is 2.40 bits per heavy atom. The summed E-state index contributed by atoms with van der Waals surface area (Å²) in [6, 6.07) is 17.1. The minimum Gasteiger partial charge on any atom is -0.310 e. The average molecular weight is 306 g/mol. The van der Waals surface area contributed by atoms with E-state index in [0.717, 1.165) is 18.0 Å². The van der Waals surface area contributed by atoms with Gasteiger partial charge in [0.25, 0.3) is 0 Å². The van der Waals surface area contributed by atoms with Gasteiger partial charge in [-0.05, 0) is 48.5 Å². The van der Waals surface area contributed by atoms with Crippen LogP contribution in [0.15, 0.2) is 53.4 Å². The van der Waals surface area contributed by atoms with E-state index in [0.29, 0.717) is 6.04 Å². The summed E-state index contributed by atoms with van der Waals surface area (Å²) >= 11 is 8.04. The van der Waals surface area contributed by atoms with Crippen LogP contribution >= 0.6 is 23.4 Å². The Bertz CT molecular complexity index is 539. The van der Waals surface area contributed by atoms with E-state index in [9.17, 15) is 0 Å². The third-order valence-electron chi connectivity index (χ3n) is 3.35. The Balaban J connectivity index is 2.19. The van der Waals surface area contributed by atoms with Gasteiger partial charge in [0, 0.05) is 16.0 Å². The fourth-order valence-electron chi connectivity index (χ4n) is 2.27. The molecule has 0 spiro atoms. The summed E-state index contributed by atoms with van der Waals surface area (Å²) in [6.07, 6.45) is 3.01. The summed E-state index contributed by atoms with van der Waals surface area (Å²) in [5.41, 5.74) is 2.50. The summed E-state index contributed by atoms with van der Waals surface area (Å²) in [5.74, 6) is 0. The van der Waals surface area contributed by atoms with Crippen LogP contribution in [0.4, 0.5) is 0 Å². The molecule has 0 fully saturated rings. The van der Waals surface area contributed by atoms with Crippen molar-refractivity contribution in [1.29, 1.82) is 0 Å². The number of hydrogen-bond donors (Lipinski definition) is 1. The van der Waals surface area contributed by atoms with Gasteiger partial charge in [0.05, 0.1) is 0 Å². The van der Waals surface area contributed by atoms with Crippen molar-refractivity contribution in [2.45, 2.75) is 24.3 Å². The van der Waals surface area contributed by atoms with E-state index >= 15 is 0 Å². The lowest BCUT2D eigenvalue weighted by Crippen LogP contribution is -2.23. The number of halogens is 1. The normalized spacial score (nSPS) is 12.3. The predicted octanol–water partition coefficient (Wildman–Crippen LogP) is 4.96. The van der Waals surface area contributed by atoms with E-state index in [1.54, 1.807) is 11.8 Å². The number of rotatable bonds is 6. The van der Waals surface area contributed by atoms with Crippen molar-refractivity contribution in [2.75, 3.05) is 12.8 Å². The number of thioether (sulfide) groups is 1. The Labute approximate surface area is 130 Å². The van der Waals surface area contributed by atoms with E-state index in [1.807, 2.05) is 18.2 Å². The number of likely N-dealkylation sites (N-methyl/N-ethyl adjacent to an activating group) is 1. The van der Waals surface area contributed by atoms with Gasteiger partial charge < -0.3 is 5.32 Å². The molecule has 3 heteroatoms. The lowest BCUT2D eigenvalue weighted by atomic mass is 9.99. The molecule has 0 radical (unpaired) electrons. The molecule has 0 heterocycles. The van der Waals surface area contributed by atoms with Crippen LogP contribution in [0.1, 0.15) is 24.1 Å². The molecule has 1 atom stereocenters. The number of nitrogens with one attached hydrogen (secondary N) is 1. The standard InChI is InChI=1S/C17H20ClNS/c1-3-19-17(12-14-6-4-5-7-16(14)18)13-8-10-15(20-2)11-9-13/h4-11,17,19H,3,12H2,1-2H3. The second kappa shape index (κ2) is 7.72. The highest BCUT2D eigenvalue weighted by Gasteiger charge is 2.12. The van der Waals surface area contributed by atoms with Gasteiger partial charge in [-0.1, -0.05) is 48.9 Å². The fourth-order valence-corrected chi connectivity index (χ4v) is 2.90. The summed E-state index contributed by atoms with van der Waals surface area (Å²) in [6.45, 7) is 3.08. The molecule has 0 aliphatic heterocycles. The summed E-state index contributed by atoms with van der Waals surface area (Å²) in [7, 11) is 0. The lowest BCUT2D eigenvalue weighted by Gasteiger charge is -2.19. The van der Waals surface area contributed by atoms with Crippen LogP contribution < -0.4 is 5.32 Å². The van der Waals surface area contributed by atoms with E-state index in [4.69, 9.17) is 11.6 Å². The van der Waals surface area contributed by atoms with Crippen molar-refractivity contribution >= 4 is 23.4 Å². The zero-order valence-corrected chi connectivity index (χ0v) is 13.5. The van der Waals surface area contributed by atoms with Gasteiger partial charge in [-0.25, -0.2) is 0 Å². The molecule has 2 aromatic rings. The van der Waals surface area contributed by atoms with Crippen LogP contribution in [0.25, 0.3) is 0 Å². The Morgan fingerprint density at radius 2 is 1.80 bits per heavy atom. The molecule has 0 saturated carbocycles.